The highest BCUT2D eigenvalue weighted by molar-refractivity contribution is 5.56. The predicted molar refractivity (Wildman–Crippen MR) is 87.7 cm³/mol. The Bertz CT molecular complexity index is 594. The topological polar surface area (TPSA) is 46.6 Å². The molecule has 1 aliphatic rings. The van der Waals surface area contributed by atoms with Crippen molar-refractivity contribution in [3.63, 3.8) is 0 Å². The van der Waals surface area contributed by atoms with E-state index < -0.39 is 0 Å². The van der Waals surface area contributed by atoms with E-state index in [0.717, 1.165) is 42.8 Å². The number of rotatable bonds is 4. The second-order valence-electron chi connectivity index (χ2n) is 6.42. The van der Waals surface area contributed by atoms with Crippen molar-refractivity contribution in [3.8, 4) is 0 Å². The molecule has 4 nitrogen and oxygen atoms in total. The summed E-state index contributed by atoms with van der Waals surface area (Å²) in [5, 5.41) is 0. The first-order valence-corrected chi connectivity index (χ1v) is 8.11. The van der Waals surface area contributed by atoms with E-state index in [9.17, 15) is 0 Å². The Labute approximate surface area is 127 Å². The van der Waals surface area contributed by atoms with Crippen LogP contribution < -0.4 is 10.6 Å². The third-order valence-electron chi connectivity index (χ3n) is 4.77. The average Bonchev–Trinajstić information content (AvgIpc) is 2.87. The minimum atomic E-state index is 0.665. The van der Waals surface area contributed by atoms with Crippen molar-refractivity contribution >= 4 is 11.5 Å². The lowest BCUT2D eigenvalue weighted by atomic mass is 9.87. The summed E-state index contributed by atoms with van der Waals surface area (Å²) >= 11 is 0. The fourth-order valence-corrected chi connectivity index (χ4v) is 3.43. The van der Waals surface area contributed by atoms with Gasteiger partial charge in [-0.3, -0.25) is 0 Å². The number of aromatic nitrogens is 2. The Morgan fingerprint density at radius 2 is 2.05 bits per heavy atom. The Morgan fingerprint density at radius 3 is 2.71 bits per heavy atom. The molecule has 1 aliphatic heterocycles. The fraction of sp³-hybridized carbons (Fsp3) is 0.588. The molecule has 21 heavy (non-hydrogen) atoms. The number of piperidine rings is 1. The van der Waals surface area contributed by atoms with E-state index in [2.05, 4.69) is 41.5 Å². The summed E-state index contributed by atoms with van der Waals surface area (Å²) in [4.78, 5) is 7.31. The van der Waals surface area contributed by atoms with Crippen molar-refractivity contribution in [2.45, 2.75) is 33.1 Å². The van der Waals surface area contributed by atoms with Crippen LogP contribution in [0.5, 0.6) is 0 Å². The van der Waals surface area contributed by atoms with Crippen LogP contribution in [0, 0.1) is 11.8 Å². The maximum absolute atomic E-state index is 5.81. The van der Waals surface area contributed by atoms with Crippen molar-refractivity contribution < 1.29 is 0 Å². The molecule has 3 rings (SSSR count). The standard InChI is InChI=1S/C17H26N4/c1-13(2)14-7-11-20(12-8-14)17-15(6-9-18)21-10-4-3-5-16(21)19-17/h3-5,10,13-14H,6-9,11-12,18H2,1-2H3. The molecule has 2 N–H and O–H groups in total. The van der Waals surface area contributed by atoms with Crippen LogP contribution >= 0.6 is 0 Å². The lowest BCUT2D eigenvalue weighted by molar-refractivity contribution is 0.310. The summed E-state index contributed by atoms with van der Waals surface area (Å²) in [6, 6.07) is 6.18. The van der Waals surface area contributed by atoms with Gasteiger partial charge in [-0.15, -0.1) is 0 Å². The highest BCUT2D eigenvalue weighted by atomic mass is 15.2. The molecule has 0 saturated carbocycles. The van der Waals surface area contributed by atoms with Gasteiger partial charge in [-0.2, -0.15) is 0 Å². The number of hydrogen-bond donors (Lipinski definition) is 1. The van der Waals surface area contributed by atoms with Crippen LogP contribution in [-0.4, -0.2) is 29.0 Å². The zero-order valence-electron chi connectivity index (χ0n) is 13.1. The molecule has 0 aromatic carbocycles. The number of hydrogen-bond acceptors (Lipinski definition) is 3. The average molecular weight is 286 g/mol. The molecular weight excluding hydrogens is 260 g/mol. The molecule has 114 valence electrons. The largest absolute Gasteiger partial charge is 0.355 e. The maximum atomic E-state index is 5.81. The summed E-state index contributed by atoms with van der Waals surface area (Å²) in [6.07, 6.45) is 5.52. The first kappa shape index (κ1) is 14.4. The highest BCUT2D eigenvalue weighted by Crippen LogP contribution is 2.30. The van der Waals surface area contributed by atoms with Gasteiger partial charge in [0.25, 0.3) is 0 Å². The van der Waals surface area contributed by atoms with E-state index in [-0.39, 0.29) is 0 Å². The van der Waals surface area contributed by atoms with Crippen LogP contribution in [-0.2, 0) is 6.42 Å². The Morgan fingerprint density at radius 1 is 1.29 bits per heavy atom. The third-order valence-corrected chi connectivity index (χ3v) is 4.77. The van der Waals surface area contributed by atoms with Gasteiger partial charge in [0.15, 0.2) is 5.82 Å². The Balaban J connectivity index is 1.88. The molecule has 4 heteroatoms. The summed E-state index contributed by atoms with van der Waals surface area (Å²) in [5.41, 5.74) is 8.10. The molecule has 0 atom stereocenters. The first-order valence-electron chi connectivity index (χ1n) is 8.11. The van der Waals surface area contributed by atoms with Gasteiger partial charge in [0.2, 0.25) is 0 Å². The van der Waals surface area contributed by atoms with E-state index in [0.29, 0.717) is 6.54 Å². The second-order valence-corrected chi connectivity index (χ2v) is 6.42. The molecule has 0 unspecified atom stereocenters. The minimum absolute atomic E-state index is 0.665. The van der Waals surface area contributed by atoms with Gasteiger partial charge in [0, 0.05) is 25.7 Å². The number of imidazole rings is 1. The molecule has 0 bridgehead atoms. The number of nitrogens with zero attached hydrogens (tertiary/aromatic N) is 3. The minimum Gasteiger partial charge on any atom is -0.355 e. The lowest BCUT2D eigenvalue weighted by Crippen LogP contribution is -2.36. The van der Waals surface area contributed by atoms with Crippen LogP contribution in [0.25, 0.3) is 5.65 Å². The number of anilines is 1. The van der Waals surface area contributed by atoms with Crippen molar-refractivity contribution in [1.29, 1.82) is 0 Å². The van der Waals surface area contributed by atoms with E-state index in [1.165, 1.54) is 18.5 Å². The summed E-state index contributed by atoms with van der Waals surface area (Å²) in [7, 11) is 0. The molecule has 2 aromatic rings. The van der Waals surface area contributed by atoms with Crippen LogP contribution in [0.15, 0.2) is 24.4 Å². The van der Waals surface area contributed by atoms with Gasteiger partial charge in [-0.1, -0.05) is 19.9 Å². The molecule has 1 fully saturated rings. The van der Waals surface area contributed by atoms with Crippen LogP contribution in [0.1, 0.15) is 32.4 Å². The Kier molecular flexibility index (Phi) is 4.15. The van der Waals surface area contributed by atoms with E-state index in [4.69, 9.17) is 10.7 Å². The predicted octanol–water partition coefficient (Wildman–Crippen LogP) is 2.71. The van der Waals surface area contributed by atoms with Crippen LogP contribution in [0.3, 0.4) is 0 Å². The van der Waals surface area contributed by atoms with Gasteiger partial charge < -0.3 is 15.0 Å². The maximum Gasteiger partial charge on any atom is 0.151 e. The molecule has 0 amide bonds. The van der Waals surface area contributed by atoms with Crippen molar-refractivity contribution in [2.75, 3.05) is 24.5 Å². The molecule has 2 aromatic heterocycles. The number of nitrogens with two attached hydrogens (primary N) is 1. The SMILES string of the molecule is CC(C)C1CCN(c2nc3ccccn3c2CCN)CC1. The van der Waals surface area contributed by atoms with Crippen molar-refractivity contribution in [3.05, 3.63) is 30.1 Å². The van der Waals surface area contributed by atoms with Gasteiger partial charge >= 0.3 is 0 Å². The third kappa shape index (κ3) is 2.77. The molecule has 0 aliphatic carbocycles. The zero-order chi connectivity index (χ0) is 14.8. The normalized spacial score (nSPS) is 17.0. The number of fused-ring (bicyclic) bond motifs is 1. The van der Waals surface area contributed by atoms with E-state index >= 15 is 0 Å². The monoisotopic (exact) mass is 286 g/mol. The summed E-state index contributed by atoms with van der Waals surface area (Å²) < 4.78 is 2.19. The summed E-state index contributed by atoms with van der Waals surface area (Å²) in [6.45, 7) is 7.57. The fourth-order valence-electron chi connectivity index (χ4n) is 3.43. The van der Waals surface area contributed by atoms with Crippen LogP contribution in [0.2, 0.25) is 0 Å². The second kappa shape index (κ2) is 6.06. The first-order chi connectivity index (χ1) is 10.2. The van der Waals surface area contributed by atoms with Crippen LogP contribution in [0.4, 0.5) is 5.82 Å². The van der Waals surface area contributed by atoms with Crippen molar-refractivity contribution in [1.82, 2.24) is 9.38 Å². The van der Waals surface area contributed by atoms with E-state index in [1.807, 2.05) is 6.07 Å². The smallest absolute Gasteiger partial charge is 0.151 e. The molecule has 3 heterocycles. The van der Waals surface area contributed by atoms with E-state index in [1.54, 1.807) is 0 Å². The quantitative estimate of drug-likeness (QED) is 0.940. The zero-order valence-corrected chi connectivity index (χ0v) is 13.1. The number of pyridine rings is 1. The summed E-state index contributed by atoms with van der Waals surface area (Å²) in [5.74, 6) is 2.79. The lowest BCUT2D eigenvalue weighted by Gasteiger charge is -2.34. The van der Waals surface area contributed by atoms with Gasteiger partial charge in [-0.25, -0.2) is 4.98 Å². The van der Waals surface area contributed by atoms with Gasteiger partial charge in [0.1, 0.15) is 5.65 Å². The molecule has 0 radical (unpaired) electrons. The molecule has 0 spiro atoms. The van der Waals surface area contributed by atoms with Crippen molar-refractivity contribution in [2.24, 2.45) is 17.6 Å². The molecule has 1 saturated heterocycles. The van der Waals surface area contributed by atoms with Gasteiger partial charge in [0.05, 0.1) is 5.69 Å². The Hall–Kier alpha value is -1.55. The highest BCUT2D eigenvalue weighted by Gasteiger charge is 2.25. The van der Waals surface area contributed by atoms with Gasteiger partial charge in [-0.05, 0) is 43.4 Å². The molecular formula is C17H26N4.